The van der Waals surface area contributed by atoms with Crippen molar-refractivity contribution in [2.75, 3.05) is 0 Å². The molecule has 0 unspecified atom stereocenters. The molecule has 0 spiro atoms. The maximum atomic E-state index is 14.0. The molecule has 0 aliphatic heterocycles. The molecule has 1 aliphatic rings. The van der Waals surface area contributed by atoms with Crippen LogP contribution in [0.1, 0.15) is 40.1 Å². The van der Waals surface area contributed by atoms with Crippen molar-refractivity contribution in [1.29, 1.82) is 0 Å². The van der Waals surface area contributed by atoms with Crippen molar-refractivity contribution in [1.82, 2.24) is 4.90 Å². The first-order valence-electron chi connectivity index (χ1n) is 7.90. The average Bonchev–Trinajstić information content (AvgIpc) is 3.30. The normalized spacial score (nSPS) is 13.7. The van der Waals surface area contributed by atoms with E-state index in [9.17, 15) is 18.4 Å². The van der Waals surface area contributed by atoms with Gasteiger partial charge in [-0.3, -0.25) is 9.59 Å². The number of nitrogens with zero attached hydrogens (tertiary/aromatic N) is 1. The van der Waals surface area contributed by atoms with Gasteiger partial charge in [0.25, 0.3) is 5.91 Å². The summed E-state index contributed by atoms with van der Waals surface area (Å²) in [6, 6.07) is 3.20. The van der Waals surface area contributed by atoms with E-state index in [1.54, 1.807) is 6.92 Å². The Hall–Kier alpha value is -2.70. The highest BCUT2D eigenvalue weighted by atomic mass is 19.1. The monoisotopic (exact) mass is 349 g/mol. The Bertz CT molecular complexity index is 826. The van der Waals surface area contributed by atoms with Gasteiger partial charge >= 0.3 is 5.97 Å². The fourth-order valence-electron chi connectivity index (χ4n) is 2.78. The third-order valence-corrected chi connectivity index (χ3v) is 4.18. The van der Waals surface area contributed by atoms with Crippen LogP contribution in [0.15, 0.2) is 28.9 Å². The molecule has 132 valence electrons. The molecule has 0 saturated heterocycles. The van der Waals surface area contributed by atoms with Gasteiger partial charge in [-0.2, -0.15) is 0 Å². The topological polar surface area (TPSA) is 70.7 Å². The van der Waals surface area contributed by atoms with E-state index in [1.807, 2.05) is 0 Å². The SMILES string of the molecule is Cc1coc(CC(=O)O)c1C(=O)N(Cc1ccc(F)cc1F)C1CC1. The highest BCUT2D eigenvalue weighted by molar-refractivity contribution is 5.97. The second kappa shape index (κ2) is 6.66. The van der Waals surface area contributed by atoms with Crippen LogP contribution in [0.4, 0.5) is 8.78 Å². The van der Waals surface area contributed by atoms with Crippen LogP contribution < -0.4 is 0 Å². The third kappa shape index (κ3) is 3.70. The van der Waals surface area contributed by atoms with E-state index in [0.29, 0.717) is 5.56 Å². The van der Waals surface area contributed by atoms with Crippen molar-refractivity contribution in [3.63, 3.8) is 0 Å². The Morgan fingerprint density at radius 3 is 2.64 bits per heavy atom. The van der Waals surface area contributed by atoms with Gasteiger partial charge in [0.1, 0.15) is 23.8 Å². The number of amides is 1. The van der Waals surface area contributed by atoms with Crippen LogP contribution in [0.5, 0.6) is 0 Å². The van der Waals surface area contributed by atoms with Gasteiger partial charge in [0.2, 0.25) is 0 Å². The number of hydrogen-bond donors (Lipinski definition) is 1. The number of aryl methyl sites for hydroxylation is 1. The number of carbonyl (C=O) groups is 2. The summed E-state index contributed by atoms with van der Waals surface area (Å²) in [7, 11) is 0. The summed E-state index contributed by atoms with van der Waals surface area (Å²) >= 11 is 0. The van der Waals surface area contributed by atoms with Gasteiger partial charge in [-0.1, -0.05) is 6.07 Å². The molecular formula is C18H17F2NO4. The minimum absolute atomic E-state index is 0.00720. The number of benzene rings is 1. The molecule has 2 aromatic rings. The van der Waals surface area contributed by atoms with Gasteiger partial charge in [-0.25, -0.2) is 8.78 Å². The first kappa shape index (κ1) is 17.1. The molecule has 0 atom stereocenters. The van der Waals surface area contributed by atoms with Gasteiger partial charge < -0.3 is 14.4 Å². The Morgan fingerprint density at radius 1 is 1.32 bits per heavy atom. The molecule has 7 heteroatoms. The Kier molecular flexibility index (Phi) is 4.57. The van der Waals surface area contributed by atoms with E-state index in [2.05, 4.69) is 0 Å². The van der Waals surface area contributed by atoms with Crippen LogP contribution in [0.3, 0.4) is 0 Å². The summed E-state index contributed by atoms with van der Waals surface area (Å²) in [5.74, 6) is -2.81. The fourth-order valence-corrected chi connectivity index (χ4v) is 2.78. The summed E-state index contributed by atoms with van der Waals surface area (Å²) in [6.45, 7) is 1.65. The van der Waals surface area contributed by atoms with Crippen molar-refractivity contribution in [2.24, 2.45) is 0 Å². The standard InChI is InChI=1S/C18H17F2NO4/c1-10-9-25-15(7-16(22)23)17(10)18(24)21(13-4-5-13)8-11-2-3-12(19)6-14(11)20/h2-3,6,9,13H,4-5,7-8H2,1H3,(H,22,23). The van der Waals surface area contributed by atoms with Gasteiger partial charge in [-0.05, 0) is 25.8 Å². The van der Waals surface area contributed by atoms with Gasteiger partial charge in [0.15, 0.2) is 0 Å². The number of aliphatic carboxylic acids is 1. The Labute approximate surface area is 142 Å². The van der Waals surface area contributed by atoms with E-state index < -0.39 is 29.9 Å². The van der Waals surface area contributed by atoms with E-state index in [1.165, 1.54) is 17.2 Å². The highest BCUT2D eigenvalue weighted by Gasteiger charge is 2.36. The molecule has 1 aromatic heterocycles. The number of furan rings is 1. The minimum Gasteiger partial charge on any atom is -0.481 e. The number of carboxylic acids is 1. The maximum Gasteiger partial charge on any atom is 0.311 e. The lowest BCUT2D eigenvalue weighted by Gasteiger charge is -2.23. The zero-order chi connectivity index (χ0) is 18.1. The average molecular weight is 349 g/mol. The van der Waals surface area contributed by atoms with Crippen molar-refractivity contribution < 1.29 is 27.9 Å². The van der Waals surface area contributed by atoms with E-state index in [-0.39, 0.29) is 29.5 Å². The number of halogens is 2. The van der Waals surface area contributed by atoms with E-state index in [0.717, 1.165) is 25.0 Å². The minimum atomic E-state index is -1.11. The molecule has 0 radical (unpaired) electrons. The first-order chi connectivity index (χ1) is 11.9. The molecule has 1 aromatic carbocycles. The molecule has 25 heavy (non-hydrogen) atoms. The summed E-state index contributed by atoms with van der Waals surface area (Å²) in [5, 5.41) is 8.97. The Morgan fingerprint density at radius 2 is 2.04 bits per heavy atom. The predicted octanol–water partition coefficient (Wildman–Crippen LogP) is 3.30. The van der Waals surface area contributed by atoms with Crippen molar-refractivity contribution in [2.45, 2.75) is 38.8 Å². The summed E-state index contributed by atoms with van der Waals surface area (Å²) in [5.41, 5.74) is 0.950. The van der Waals surface area contributed by atoms with Crippen LogP contribution in [-0.2, 0) is 17.8 Å². The van der Waals surface area contributed by atoms with Crippen LogP contribution in [-0.4, -0.2) is 27.9 Å². The van der Waals surface area contributed by atoms with E-state index in [4.69, 9.17) is 9.52 Å². The lowest BCUT2D eigenvalue weighted by Crippen LogP contribution is -2.33. The smallest absolute Gasteiger partial charge is 0.311 e. The molecule has 1 N–H and O–H groups in total. The molecule has 1 aliphatic carbocycles. The molecule has 3 rings (SSSR count). The highest BCUT2D eigenvalue weighted by Crippen LogP contribution is 2.32. The molecule has 5 nitrogen and oxygen atoms in total. The molecule has 1 saturated carbocycles. The van der Waals surface area contributed by atoms with Crippen molar-refractivity contribution in [3.8, 4) is 0 Å². The predicted molar refractivity (Wildman–Crippen MR) is 84.0 cm³/mol. The van der Waals surface area contributed by atoms with Gasteiger partial charge in [0, 0.05) is 29.8 Å². The first-order valence-corrected chi connectivity index (χ1v) is 7.90. The van der Waals surface area contributed by atoms with Crippen LogP contribution in [0.2, 0.25) is 0 Å². The van der Waals surface area contributed by atoms with Gasteiger partial charge in [-0.15, -0.1) is 0 Å². The second-order valence-corrected chi connectivity index (χ2v) is 6.19. The van der Waals surface area contributed by atoms with Crippen LogP contribution >= 0.6 is 0 Å². The third-order valence-electron chi connectivity index (χ3n) is 4.18. The Balaban J connectivity index is 1.90. The number of carbonyl (C=O) groups excluding carboxylic acids is 1. The molecule has 1 heterocycles. The number of carboxylic acid groups (broad SMARTS) is 1. The molecule has 0 bridgehead atoms. The summed E-state index contributed by atoms with van der Waals surface area (Å²) in [4.78, 5) is 25.4. The van der Waals surface area contributed by atoms with Crippen molar-refractivity contribution in [3.05, 3.63) is 58.5 Å². The van der Waals surface area contributed by atoms with Gasteiger partial charge in [0.05, 0.1) is 11.8 Å². The lowest BCUT2D eigenvalue weighted by atomic mass is 10.1. The number of hydrogen-bond acceptors (Lipinski definition) is 3. The summed E-state index contributed by atoms with van der Waals surface area (Å²) in [6.07, 6.45) is 2.52. The second-order valence-electron chi connectivity index (χ2n) is 6.19. The fraction of sp³-hybridized carbons (Fsp3) is 0.333. The van der Waals surface area contributed by atoms with Crippen molar-refractivity contribution >= 4 is 11.9 Å². The van der Waals surface area contributed by atoms with Crippen LogP contribution in [0.25, 0.3) is 0 Å². The molecule has 1 fully saturated rings. The number of rotatable bonds is 6. The van der Waals surface area contributed by atoms with E-state index >= 15 is 0 Å². The van der Waals surface area contributed by atoms with Crippen LogP contribution in [0, 0.1) is 18.6 Å². The maximum absolute atomic E-state index is 14.0. The molecular weight excluding hydrogens is 332 g/mol. The zero-order valence-electron chi connectivity index (χ0n) is 13.6. The zero-order valence-corrected chi connectivity index (χ0v) is 13.6. The summed E-state index contributed by atoms with van der Waals surface area (Å²) < 4.78 is 32.2. The largest absolute Gasteiger partial charge is 0.481 e. The quantitative estimate of drug-likeness (QED) is 0.869. The molecule has 1 amide bonds. The lowest BCUT2D eigenvalue weighted by molar-refractivity contribution is -0.136.